The van der Waals surface area contributed by atoms with E-state index in [2.05, 4.69) is 26.2 Å². The third kappa shape index (κ3) is 2.87. The van der Waals surface area contributed by atoms with Crippen molar-refractivity contribution in [3.05, 3.63) is 52.3 Å². The van der Waals surface area contributed by atoms with Crippen LogP contribution in [0.25, 0.3) is 0 Å². The van der Waals surface area contributed by atoms with E-state index in [1.54, 1.807) is 24.4 Å². The fourth-order valence-corrected chi connectivity index (χ4v) is 1.73. The molecule has 2 rings (SSSR count). The topological polar surface area (TPSA) is 68.0 Å². The summed E-state index contributed by atoms with van der Waals surface area (Å²) in [7, 11) is 0. The van der Waals surface area contributed by atoms with Gasteiger partial charge in [0.2, 0.25) is 0 Å². The number of carbonyl (C=O) groups is 1. The molecule has 0 aliphatic carbocycles. The first-order valence-corrected chi connectivity index (χ1v) is 6.14. The van der Waals surface area contributed by atoms with Crippen molar-refractivity contribution in [1.29, 1.82) is 0 Å². The standard InChI is InChI=1S/C13H12BrN3O/c1-8-2-4-11(10(15)6-8)17-13(18)12-5-3-9(14)7-16-12/h2-7H,15H2,1H3,(H,17,18). The summed E-state index contributed by atoms with van der Waals surface area (Å²) in [5.41, 5.74) is 8.36. The average molecular weight is 306 g/mol. The molecular weight excluding hydrogens is 294 g/mol. The molecular formula is C13H12BrN3O. The van der Waals surface area contributed by atoms with Crippen LogP contribution in [0.15, 0.2) is 41.0 Å². The van der Waals surface area contributed by atoms with Gasteiger partial charge >= 0.3 is 0 Å². The zero-order valence-corrected chi connectivity index (χ0v) is 11.4. The predicted octanol–water partition coefficient (Wildman–Crippen LogP) is 2.99. The zero-order valence-electron chi connectivity index (χ0n) is 9.77. The van der Waals surface area contributed by atoms with Crippen LogP contribution in [-0.2, 0) is 0 Å². The summed E-state index contributed by atoms with van der Waals surface area (Å²) < 4.78 is 0.828. The molecule has 1 aromatic heterocycles. The average Bonchev–Trinajstić information content (AvgIpc) is 2.33. The lowest BCUT2D eigenvalue weighted by Gasteiger charge is -2.08. The Labute approximate surface area is 113 Å². The minimum absolute atomic E-state index is 0.280. The molecule has 0 spiro atoms. The van der Waals surface area contributed by atoms with Crippen molar-refractivity contribution in [2.45, 2.75) is 6.92 Å². The Morgan fingerprint density at radius 2 is 2.11 bits per heavy atom. The summed E-state index contributed by atoms with van der Waals surface area (Å²) in [4.78, 5) is 15.9. The number of pyridine rings is 1. The largest absolute Gasteiger partial charge is 0.397 e. The first kappa shape index (κ1) is 12.6. The van der Waals surface area contributed by atoms with E-state index in [4.69, 9.17) is 5.73 Å². The number of aryl methyl sites for hydroxylation is 1. The number of amides is 1. The summed E-state index contributed by atoms with van der Waals surface area (Å²) in [5.74, 6) is -0.280. The van der Waals surface area contributed by atoms with Crippen molar-refractivity contribution < 1.29 is 4.79 Å². The van der Waals surface area contributed by atoms with Crippen molar-refractivity contribution in [2.24, 2.45) is 0 Å². The van der Waals surface area contributed by atoms with Gasteiger partial charge in [0.05, 0.1) is 11.4 Å². The van der Waals surface area contributed by atoms with Gasteiger partial charge in [0.25, 0.3) is 5.91 Å². The monoisotopic (exact) mass is 305 g/mol. The first-order valence-electron chi connectivity index (χ1n) is 5.35. The molecule has 0 atom stereocenters. The van der Waals surface area contributed by atoms with Gasteiger partial charge in [-0.2, -0.15) is 0 Å². The van der Waals surface area contributed by atoms with Gasteiger partial charge in [-0.15, -0.1) is 0 Å². The summed E-state index contributed by atoms with van der Waals surface area (Å²) in [6.45, 7) is 1.94. The maximum absolute atomic E-state index is 11.9. The molecule has 1 heterocycles. The smallest absolute Gasteiger partial charge is 0.274 e. The molecule has 0 unspecified atom stereocenters. The van der Waals surface area contributed by atoms with Gasteiger partial charge in [-0.3, -0.25) is 4.79 Å². The van der Waals surface area contributed by atoms with Crippen LogP contribution >= 0.6 is 15.9 Å². The Morgan fingerprint density at radius 1 is 1.33 bits per heavy atom. The molecule has 0 saturated heterocycles. The number of hydrogen-bond donors (Lipinski definition) is 2. The fraction of sp³-hybridized carbons (Fsp3) is 0.0769. The molecule has 3 N–H and O–H groups in total. The van der Waals surface area contributed by atoms with Crippen LogP contribution in [0.4, 0.5) is 11.4 Å². The number of nitrogens with zero attached hydrogens (tertiary/aromatic N) is 1. The normalized spacial score (nSPS) is 10.1. The van der Waals surface area contributed by atoms with E-state index >= 15 is 0 Å². The van der Waals surface area contributed by atoms with Crippen LogP contribution in [0, 0.1) is 6.92 Å². The number of hydrogen-bond acceptors (Lipinski definition) is 3. The highest BCUT2D eigenvalue weighted by Crippen LogP contribution is 2.20. The zero-order chi connectivity index (χ0) is 13.1. The highest BCUT2D eigenvalue weighted by molar-refractivity contribution is 9.10. The van der Waals surface area contributed by atoms with Crippen LogP contribution in [0.1, 0.15) is 16.1 Å². The number of halogens is 1. The van der Waals surface area contributed by atoms with Gasteiger partial charge in [-0.25, -0.2) is 4.98 Å². The van der Waals surface area contributed by atoms with Gasteiger partial charge < -0.3 is 11.1 Å². The number of nitrogens with one attached hydrogen (secondary N) is 1. The maximum atomic E-state index is 11.9. The molecule has 5 heteroatoms. The second-order valence-corrected chi connectivity index (χ2v) is 4.82. The predicted molar refractivity (Wildman–Crippen MR) is 75.5 cm³/mol. The van der Waals surface area contributed by atoms with E-state index < -0.39 is 0 Å². The third-order valence-electron chi connectivity index (χ3n) is 2.42. The molecule has 92 valence electrons. The fourth-order valence-electron chi connectivity index (χ4n) is 1.49. The van der Waals surface area contributed by atoms with Crippen molar-refractivity contribution >= 4 is 33.2 Å². The number of anilines is 2. The van der Waals surface area contributed by atoms with Gasteiger partial charge in [0, 0.05) is 10.7 Å². The molecule has 0 radical (unpaired) electrons. The molecule has 4 nitrogen and oxygen atoms in total. The van der Waals surface area contributed by atoms with Gasteiger partial charge in [-0.05, 0) is 52.7 Å². The molecule has 0 bridgehead atoms. The number of carbonyl (C=O) groups excluding carboxylic acids is 1. The Balaban J connectivity index is 2.18. The molecule has 18 heavy (non-hydrogen) atoms. The van der Waals surface area contributed by atoms with E-state index in [-0.39, 0.29) is 5.91 Å². The molecule has 1 aromatic carbocycles. The van der Waals surface area contributed by atoms with E-state index in [1.807, 2.05) is 19.1 Å². The first-order chi connectivity index (χ1) is 8.56. The van der Waals surface area contributed by atoms with Gasteiger partial charge in [0.15, 0.2) is 0 Å². The second-order valence-electron chi connectivity index (χ2n) is 3.91. The maximum Gasteiger partial charge on any atom is 0.274 e. The van der Waals surface area contributed by atoms with E-state index in [0.29, 0.717) is 17.1 Å². The number of aromatic nitrogens is 1. The van der Waals surface area contributed by atoms with Crippen molar-refractivity contribution in [1.82, 2.24) is 4.98 Å². The summed E-state index contributed by atoms with van der Waals surface area (Å²) >= 11 is 3.27. The number of nitrogens with two attached hydrogens (primary N) is 1. The highest BCUT2D eigenvalue weighted by Gasteiger charge is 2.09. The molecule has 0 fully saturated rings. The second kappa shape index (κ2) is 5.18. The minimum atomic E-state index is -0.280. The lowest BCUT2D eigenvalue weighted by molar-refractivity contribution is 0.102. The number of rotatable bonds is 2. The van der Waals surface area contributed by atoms with Crippen molar-refractivity contribution in [2.75, 3.05) is 11.1 Å². The molecule has 2 aromatic rings. The van der Waals surface area contributed by atoms with E-state index in [1.165, 1.54) is 0 Å². The third-order valence-corrected chi connectivity index (χ3v) is 2.88. The molecule has 0 saturated carbocycles. The molecule has 1 amide bonds. The van der Waals surface area contributed by atoms with Crippen LogP contribution in [0.3, 0.4) is 0 Å². The van der Waals surface area contributed by atoms with Crippen LogP contribution in [0.2, 0.25) is 0 Å². The van der Waals surface area contributed by atoms with Crippen molar-refractivity contribution in [3.63, 3.8) is 0 Å². The molecule has 0 aliphatic heterocycles. The lowest BCUT2D eigenvalue weighted by atomic mass is 10.2. The summed E-state index contributed by atoms with van der Waals surface area (Å²) in [6, 6.07) is 8.89. The van der Waals surface area contributed by atoms with Gasteiger partial charge in [0.1, 0.15) is 5.69 Å². The highest BCUT2D eigenvalue weighted by atomic mass is 79.9. The summed E-state index contributed by atoms with van der Waals surface area (Å²) in [6.07, 6.45) is 1.58. The Kier molecular flexibility index (Phi) is 3.62. The van der Waals surface area contributed by atoms with Crippen LogP contribution in [0.5, 0.6) is 0 Å². The van der Waals surface area contributed by atoms with Crippen LogP contribution < -0.4 is 11.1 Å². The molecule has 0 aliphatic rings. The Hall–Kier alpha value is -1.88. The summed E-state index contributed by atoms with van der Waals surface area (Å²) in [5, 5.41) is 2.73. The quantitative estimate of drug-likeness (QED) is 0.838. The lowest BCUT2D eigenvalue weighted by Crippen LogP contribution is -2.14. The number of nitrogen functional groups attached to an aromatic ring is 1. The van der Waals surface area contributed by atoms with Crippen molar-refractivity contribution in [3.8, 4) is 0 Å². The Morgan fingerprint density at radius 3 is 2.72 bits per heavy atom. The van der Waals surface area contributed by atoms with E-state index in [0.717, 1.165) is 10.0 Å². The Bertz CT molecular complexity index is 581. The minimum Gasteiger partial charge on any atom is -0.397 e. The van der Waals surface area contributed by atoms with E-state index in [9.17, 15) is 4.79 Å². The number of benzene rings is 1. The SMILES string of the molecule is Cc1ccc(NC(=O)c2ccc(Br)cn2)c(N)c1. The van der Waals surface area contributed by atoms with Crippen LogP contribution in [-0.4, -0.2) is 10.9 Å². The van der Waals surface area contributed by atoms with Gasteiger partial charge in [-0.1, -0.05) is 6.07 Å².